The molecule has 0 amide bonds. The Hall–Kier alpha value is -1.29. The Balaban J connectivity index is 3.08. The Bertz CT molecular complexity index is 364. The van der Waals surface area contributed by atoms with Crippen molar-refractivity contribution in [3.05, 3.63) is 47.3 Å². The number of benzene rings is 1. The van der Waals surface area contributed by atoms with Crippen LogP contribution >= 0.6 is 0 Å². The first-order chi connectivity index (χ1) is 6.91. The number of rotatable bonds is 3. The fourth-order valence-electron chi connectivity index (χ4n) is 1.30. The molecule has 82 valence electrons. The van der Waals surface area contributed by atoms with Gasteiger partial charge < -0.3 is 5.11 Å². The summed E-state index contributed by atoms with van der Waals surface area (Å²) in [5, 5.41) is 9.48. The molecule has 0 saturated carbocycles. The topological polar surface area (TPSA) is 20.2 Å². The number of hydrogen-bond acceptors (Lipinski definition) is 1. The van der Waals surface area contributed by atoms with Crippen molar-refractivity contribution in [2.75, 3.05) is 0 Å². The average molecular weight is 216 g/mol. The molecule has 1 aromatic carbocycles. The molecule has 4 heteroatoms. The number of aliphatic hydroxyl groups excluding tert-OH is 1. The lowest BCUT2D eigenvalue weighted by atomic mass is 10.0. The van der Waals surface area contributed by atoms with E-state index in [1.54, 1.807) is 6.92 Å². The zero-order chi connectivity index (χ0) is 11.6. The molecule has 0 aliphatic heterocycles. The lowest BCUT2D eigenvalue weighted by Crippen LogP contribution is -2.05. The third-order valence-electron chi connectivity index (χ3n) is 1.92. The van der Waals surface area contributed by atoms with Crippen LogP contribution in [0.3, 0.4) is 0 Å². The van der Waals surface area contributed by atoms with Gasteiger partial charge in [0, 0.05) is 12.1 Å². The van der Waals surface area contributed by atoms with E-state index in [0.717, 1.165) is 0 Å². The molecule has 0 aliphatic carbocycles. The highest BCUT2D eigenvalue weighted by atomic mass is 19.1. The molecule has 1 unspecified atom stereocenters. The second-order valence-electron chi connectivity index (χ2n) is 3.46. The molecule has 0 bridgehead atoms. The maximum Gasteiger partial charge on any atom is 0.134 e. The largest absolute Gasteiger partial charge is 0.388 e. The normalized spacial score (nSPS) is 12.6. The zero-order valence-corrected chi connectivity index (χ0v) is 8.23. The van der Waals surface area contributed by atoms with Crippen molar-refractivity contribution in [3.63, 3.8) is 0 Å². The van der Waals surface area contributed by atoms with Crippen LogP contribution in [0.1, 0.15) is 25.0 Å². The lowest BCUT2D eigenvalue weighted by molar-refractivity contribution is 0.168. The molecular formula is C11H11F3O. The monoisotopic (exact) mass is 216 g/mol. The standard InChI is InChI=1S/C11H11F3O/c1-6(2)3-10(15)11-8(13)4-7(12)5-9(11)14/h4-5,10,15H,1,3H2,2H3. The van der Waals surface area contributed by atoms with Crippen molar-refractivity contribution in [2.45, 2.75) is 19.4 Å². The van der Waals surface area contributed by atoms with Gasteiger partial charge in [0.1, 0.15) is 17.5 Å². The maximum absolute atomic E-state index is 13.1. The van der Waals surface area contributed by atoms with Gasteiger partial charge in [-0.15, -0.1) is 6.58 Å². The number of hydrogen-bond donors (Lipinski definition) is 1. The first kappa shape index (κ1) is 11.8. The summed E-state index contributed by atoms with van der Waals surface area (Å²) in [5.41, 5.74) is 0.0741. The van der Waals surface area contributed by atoms with E-state index in [9.17, 15) is 18.3 Å². The Morgan fingerprint density at radius 2 is 1.80 bits per heavy atom. The minimum atomic E-state index is -1.33. The fraction of sp³-hybridized carbons (Fsp3) is 0.273. The highest BCUT2D eigenvalue weighted by Crippen LogP contribution is 2.26. The van der Waals surface area contributed by atoms with Crippen LogP contribution in [-0.2, 0) is 0 Å². The Morgan fingerprint density at radius 3 is 2.20 bits per heavy atom. The summed E-state index contributed by atoms with van der Waals surface area (Å²) in [6, 6.07) is 1.08. The van der Waals surface area contributed by atoms with Gasteiger partial charge in [-0.05, 0) is 13.3 Å². The van der Waals surface area contributed by atoms with E-state index >= 15 is 0 Å². The summed E-state index contributed by atoms with van der Waals surface area (Å²) in [6.07, 6.45) is -1.29. The first-order valence-corrected chi connectivity index (χ1v) is 4.38. The maximum atomic E-state index is 13.1. The summed E-state index contributed by atoms with van der Waals surface area (Å²) < 4.78 is 38.8. The van der Waals surface area contributed by atoms with Crippen LogP contribution in [0.2, 0.25) is 0 Å². The van der Waals surface area contributed by atoms with Crippen molar-refractivity contribution < 1.29 is 18.3 Å². The molecule has 0 fully saturated rings. The fourth-order valence-corrected chi connectivity index (χ4v) is 1.30. The molecule has 1 atom stereocenters. The minimum absolute atomic E-state index is 0.0411. The van der Waals surface area contributed by atoms with Crippen LogP contribution in [0.15, 0.2) is 24.3 Å². The van der Waals surface area contributed by atoms with Crippen LogP contribution in [0.25, 0.3) is 0 Å². The van der Waals surface area contributed by atoms with E-state index in [1.165, 1.54) is 0 Å². The SMILES string of the molecule is C=C(C)CC(O)c1c(F)cc(F)cc1F. The predicted octanol–water partition coefficient (Wildman–Crippen LogP) is 3.10. The first-order valence-electron chi connectivity index (χ1n) is 4.38. The van der Waals surface area contributed by atoms with Gasteiger partial charge in [-0.2, -0.15) is 0 Å². The summed E-state index contributed by atoms with van der Waals surface area (Å²) in [4.78, 5) is 0. The molecule has 0 saturated heterocycles. The van der Waals surface area contributed by atoms with Gasteiger partial charge in [-0.3, -0.25) is 0 Å². The van der Waals surface area contributed by atoms with E-state index in [-0.39, 0.29) is 6.42 Å². The number of halogens is 3. The number of aliphatic hydroxyl groups is 1. The summed E-state index contributed by atoms with van der Waals surface area (Å²) in [5.74, 6) is -3.17. The van der Waals surface area contributed by atoms with Crippen LogP contribution in [0, 0.1) is 17.5 Å². The van der Waals surface area contributed by atoms with Crippen molar-refractivity contribution in [2.24, 2.45) is 0 Å². The van der Waals surface area contributed by atoms with Crippen LogP contribution in [0.5, 0.6) is 0 Å². The smallest absolute Gasteiger partial charge is 0.134 e. The summed E-state index contributed by atoms with van der Waals surface area (Å²) >= 11 is 0. The van der Waals surface area contributed by atoms with Gasteiger partial charge in [-0.1, -0.05) is 5.57 Å². The molecule has 1 nitrogen and oxygen atoms in total. The second-order valence-corrected chi connectivity index (χ2v) is 3.46. The molecule has 1 rings (SSSR count). The van der Waals surface area contributed by atoms with Gasteiger partial charge in [0.2, 0.25) is 0 Å². The predicted molar refractivity (Wildman–Crippen MR) is 50.7 cm³/mol. The van der Waals surface area contributed by atoms with Gasteiger partial charge in [-0.25, -0.2) is 13.2 Å². The third-order valence-corrected chi connectivity index (χ3v) is 1.92. The Labute approximate surface area is 85.9 Å². The van der Waals surface area contributed by atoms with E-state index in [0.29, 0.717) is 17.7 Å². The van der Waals surface area contributed by atoms with Gasteiger partial charge >= 0.3 is 0 Å². The minimum Gasteiger partial charge on any atom is -0.388 e. The summed E-state index contributed by atoms with van der Waals surface area (Å²) in [6.45, 7) is 5.15. The molecule has 1 N–H and O–H groups in total. The average Bonchev–Trinajstić information content (AvgIpc) is 1.99. The van der Waals surface area contributed by atoms with Gasteiger partial charge in [0.25, 0.3) is 0 Å². The third kappa shape index (κ3) is 2.83. The zero-order valence-electron chi connectivity index (χ0n) is 8.23. The lowest BCUT2D eigenvalue weighted by Gasteiger charge is -2.12. The van der Waals surface area contributed by atoms with E-state index in [2.05, 4.69) is 6.58 Å². The molecule has 0 radical (unpaired) electrons. The molecule has 15 heavy (non-hydrogen) atoms. The summed E-state index contributed by atoms with van der Waals surface area (Å²) in [7, 11) is 0. The second kappa shape index (κ2) is 4.49. The van der Waals surface area contributed by atoms with E-state index in [1.807, 2.05) is 0 Å². The Kier molecular flexibility index (Phi) is 3.52. The van der Waals surface area contributed by atoms with Crippen molar-refractivity contribution >= 4 is 0 Å². The molecule has 0 aromatic heterocycles. The van der Waals surface area contributed by atoms with Crippen molar-refractivity contribution in [1.29, 1.82) is 0 Å². The van der Waals surface area contributed by atoms with Crippen LogP contribution < -0.4 is 0 Å². The highest BCUT2D eigenvalue weighted by Gasteiger charge is 2.19. The molecular weight excluding hydrogens is 205 g/mol. The Morgan fingerprint density at radius 1 is 1.33 bits per heavy atom. The van der Waals surface area contributed by atoms with Gasteiger partial charge in [0.15, 0.2) is 0 Å². The van der Waals surface area contributed by atoms with E-state index in [4.69, 9.17) is 0 Å². The van der Waals surface area contributed by atoms with Crippen molar-refractivity contribution in [3.8, 4) is 0 Å². The van der Waals surface area contributed by atoms with Gasteiger partial charge in [0.05, 0.1) is 11.7 Å². The van der Waals surface area contributed by atoms with Crippen LogP contribution in [-0.4, -0.2) is 5.11 Å². The molecule has 1 aromatic rings. The molecule has 0 aliphatic rings. The van der Waals surface area contributed by atoms with Crippen molar-refractivity contribution in [1.82, 2.24) is 0 Å². The highest BCUT2D eigenvalue weighted by molar-refractivity contribution is 5.24. The molecule has 0 heterocycles. The van der Waals surface area contributed by atoms with E-state index < -0.39 is 29.1 Å². The van der Waals surface area contributed by atoms with Crippen LogP contribution in [0.4, 0.5) is 13.2 Å². The quantitative estimate of drug-likeness (QED) is 0.770. The molecule has 0 spiro atoms.